The zero-order valence-corrected chi connectivity index (χ0v) is 26.3. The number of nitrogens with zero attached hydrogens (tertiary/aromatic N) is 2. The Balaban J connectivity index is 1.27. The van der Waals surface area contributed by atoms with Gasteiger partial charge in [-0.3, -0.25) is 14.4 Å². The van der Waals surface area contributed by atoms with E-state index in [1.807, 2.05) is 48.5 Å². The number of para-hydroxylation sites is 2. The number of carbonyl (C=O) groups excluding carboxylic acids is 3. The van der Waals surface area contributed by atoms with Crippen LogP contribution in [0.3, 0.4) is 0 Å². The Hall–Kier alpha value is -6.22. The van der Waals surface area contributed by atoms with Gasteiger partial charge in [0.25, 0.3) is 0 Å². The number of carboxylic acid groups (broad SMARTS) is 1. The summed E-state index contributed by atoms with van der Waals surface area (Å²) in [6, 6.07) is 10.4. The third-order valence-corrected chi connectivity index (χ3v) is 8.39. The molecule has 4 unspecified atom stereocenters. The number of nitrogens with two attached hydrogens (primary N) is 1. The Kier molecular flexibility index (Phi) is 9.80. The van der Waals surface area contributed by atoms with E-state index >= 15 is 0 Å². The fraction of sp³-hybridized carbons (Fsp3) is 0.235. The van der Waals surface area contributed by atoms with Crippen LogP contribution in [0.25, 0.3) is 21.8 Å². The van der Waals surface area contributed by atoms with Gasteiger partial charge in [0, 0.05) is 83.7 Å². The molecule has 4 aromatic heterocycles. The number of hydrogen-bond donors (Lipinski definition) is 9. The van der Waals surface area contributed by atoms with Crippen molar-refractivity contribution in [3.8, 4) is 0 Å². The van der Waals surface area contributed by atoms with Crippen LogP contribution in [0.15, 0.2) is 86.0 Å². The molecule has 4 atom stereocenters. The molecule has 252 valence electrons. The largest absolute Gasteiger partial charge is 0.480 e. The van der Waals surface area contributed by atoms with E-state index in [2.05, 4.69) is 45.9 Å². The van der Waals surface area contributed by atoms with Gasteiger partial charge in [0.1, 0.15) is 18.1 Å². The number of aromatic amines is 4. The van der Waals surface area contributed by atoms with E-state index in [4.69, 9.17) is 5.73 Å². The van der Waals surface area contributed by atoms with Gasteiger partial charge in [0.05, 0.1) is 18.7 Å². The second kappa shape index (κ2) is 14.7. The molecule has 0 saturated carbocycles. The quantitative estimate of drug-likeness (QED) is 0.0772. The average Bonchev–Trinajstić information content (AvgIpc) is 3.93. The predicted molar refractivity (Wildman–Crippen MR) is 180 cm³/mol. The van der Waals surface area contributed by atoms with Crippen molar-refractivity contribution in [3.63, 3.8) is 0 Å². The average molecular weight is 665 g/mol. The Bertz CT molecular complexity index is 2050. The number of rotatable bonds is 15. The molecule has 6 aromatic rings. The van der Waals surface area contributed by atoms with Crippen LogP contribution in [0.5, 0.6) is 0 Å². The summed E-state index contributed by atoms with van der Waals surface area (Å²) in [6.45, 7) is 0. The molecule has 49 heavy (non-hydrogen) atoms. The monoisotopic (exact) mass is 664 g/mol. The summed E-state index contributed by atoms with van der Waals surface area (Å²) >= 11 is 0. The summed E-state index contributed by atoms with van der Waals surface area (Å²) in [5.74, 6) is -3.18. The van der Waals surface area contributed by atoms with Gasteiger partial charge < -0.3 is 46.7 Å². The van der Waals surface area contributed by atoms with Crippen LogP contribution in [0.2, 0.25) is 0 Å². The standard InChI is InChI=1S/C34H36N10O5/c35-25(11-21-15-36-17-40-21)31(45)42-28(9-19-13-38-26-7-3-1-5-23(19)26)32(46)43-29(10-20-14-39-27-8-4-2-6-24(20)27)33(47)44-30(34(48)49)12-22-16-37-18-41-22/h1-8,13-18,25,28-30,38-39H,9-12,35H2,(H,36,40)(H,37,41)(H,42,45)(H,43,46)(H,44,47)(H,48,49). The second-order valence-corrected chi connectivity index (χ2v) is 11.8. The van der Waals surface area contributed by atoms with E-state index in [0.717, 1.165) is 32.9 Å². The number of carbonyl (C=O) groups is 4. The smallest absolute Gasteiger partial charge is 0.326 e. The lowest BCUT2D eigenvalue weighted by Crippen LogP contribution is -2.58. The van der Waals surface area contributed by atoms with Gasteiger partial charge in [-0.2, -0.15) is 0 Å². The topological polar surface area (TPSA) is 240 Å². The minimum Gasteiger partial charge on any atom is -0.480 e. The Morgan fingerprint density at radius 2 is 1.10 bits per heavy atom. The van der Waals surface area contributed by atoms with Crippen molar-refractivity contribution in [1.29, 1.82) is 0 Å². The van der Waals surface area contributed by atoms with Crippen molar-refractivity contribution in [2.75, 3.05) is 0 Å². The predicted octanol–water partition coefficient (Wildman–Crippen LogP) is 1.23. The molecule has 0 fully saturated rings. The normalized spacial score (nSPS) is 13.8. The molecule has 0 radical (unpaired) electrons. The number of nitrogens with one attached hydrogen (secondary N) is 7. The Morgan fingerprint density at radius 1 is 0.633 bits per heavy atom. The molecule has 15 heteroatoms. The first-order valence-corrected chi connectivity index (χ1v) is 15.7. The summed E-state index contributed by atoms with van der Waals surface area (Å²) in [7, 11) is 0. The number of aromatic nitrogens is 6. The van der Waals surface area contributed by atoms with Crippen molar-refractivity contribution in [1.82, 2.24) is 45.9 Å². The lowest BCUT2D eigenvalue weighted by atomic mass is 10.0. The summed E-state index contributed by atoms with van der Waals surface area (Å²) in [5, 5.41) is 19.8. The number of fused-ring (bicyclic) bond motifs is 2. The highest BCUT2D eigenvalue weighted by molar-refractivity contribution is 5.95. The maximum atomic E-state index is 14.2. The molecule has 10 N–H and O–H groups in total. The molecule has 3 amide bonds. The number of imidazole rings is 2. The van der Waals surface area contributed by atoms with E-state index in [1.165, 1.54) is 18.9 Å². The summed E-state index contributed by atoms with van der Waals surface area (Å²) in [4.78, 5) is 73.5. The molecule has 4 heterocycles. The van der Waals surface area contributed by atoms with Gasteiger partial charge in [-0.1, -0.05) is 36.4 Å². The molecule has 0 spiro atoms. The van der Waals surface area contributed by atoms with Crippen LogP contribution in [-0.2, 0) is 44.9 Å². The number of carboxylic acids is 1. The first kappa shape index (κ1) is 32.7. The number of hydrogen-bond acceptors (Lipinski definition) is 7. The Labute approximate surface area is 279 Å². The molecule has 15 nitrogen and oxygen atoms in total. The maximum Gasteiger partial charge on any atom is 0.326 e. The first-order valence-electron chi connectivity index (χ1n) is 15.7. The van der Waals surface area contributed by atoms with Crippen LogP contribution >= 0.6 is 0 Å². The van der Waals surface area contributed by atoms with Crippen LogP contribution in [-0.4, -0.2) is 82.9 Å². The van der Waals surface area contributed by atoms with Crippen molar-refractivity contribution >= 4 is 45.5 Å². The van der Waals surface area contributed by atoms with Crippen LogP contribution in [0.4, 0.5) is 0 Å². The SMILES string of the molecule is NC(Cc1cnc[nH]1)C(=O)NC(Cc1c[nH]c2ccccc12)C(=O)NC(Cc1c[nH]c2ccccc12)C(=O)NC(Cc1cnc[nH]1)C(=O)O. The molecule has 2 aromatic carbocycles. The lowest BCUT2D eigenvalue weighted by molar-refractivity contribution is -0.142. The van der Waals surface area contributed by atoms with Gasteiger partial charge in [-0.05, 0) is 23.3 Å². The van der Waals surface area contributed by atoms with Gasteiger partial charge in [0.15, 0.2) is 0 Å². The van der Waals surface area contributed by atoms with Crippen molar-refractivity contribution < 1.29 is 24.3 Å². The summed E-state index contributed by atoms with van der Waals surface area (Å²) in [5.41, 5.74) is 10.6. The molecule has 0 aliphatic carbocycles. The maximum absolute atomic E-state index is 14.2. The minimum absolute atomic E-state index is 0.0328. The highest BCUT2D eigenvalue weighted by Gasteiger charge is 2.32. The van der Waals surface area contributed by atoms with E-state index in [9.17, 15) is 24.3 Å². The summed E-state index contributed by atoms with van der Waals surface area (Å²) in [6.07, 6.45) is 9.67. The van der Waals surface area contributed by atoms with E-state index in [-0.39, 0.29) is 25.7 Å². The second-order valence-electron chi connectivity index (χ2n) is 11.8. The van der Waals surface area contributed by atoms with Crippen molar-refractivity contribution in [3.05, 3.63) is 108 Å². The van der Waals surface area contributed by atoms with Crippen LogP contribution < -0.4 is 21.7 Å². The zero-order chi connectivity index (χ0) is 34.3. The van der Waals surface area contributed by atoms with E-state index in [1.54, 1.807) is 18.6 Å². The molecule has 0 bridgehead atoms. The highest BCUT2D eigenvalue weighted by atomic mass is 16.4. The van der Waals surface area contributed by atoms with E-state index < -0.39 is 47.9 Å². The highest BCUT2D eigenvalue weighted by Crippen LogP contribution is 2.21. The number of aliphatic carboxylic acids is 1. The molecule has 0 aliphatic rings. The van der Waals surface area contributed by atoms with Gasteiger partial charge in [-0.25, -0.2) is 14.8 Å². The molecule has 0 saturated heterocycles. The minimum atomic E-state index is -1.31. The fourth-order valence-electron chi connectivity index (χ4n) is 5.83. The summed E-state index contributed by atoms with van der Waals surface area (Å²) < 4.78 is 0. The van der Waals surface area contributed by atoms with Crippen molar-refractivity contribution in [2.45, 2.75) is 49.9 Å². The zero-order valence-electron chi connectivity index (χ0n) is 26.3. The third-order valence-electron chi connectivity index (χ3n) is 8.39. The number of amides is 3. The first-order chi connectivity index (χ1) is 23.7. The fourth-order valence-corrected chi connectivity index (χ4v) is 5.83. The third kappa shape index (κ3) is 7.85. The lowest BCUT2D eigenvalue weighted by Gasteiger charge is -2.25. The van der Waals surface area contributed by atoms with Crippen LogP contribution in [0, 0.1) is 0 Å². The molecule has 6 rings (SSSR count). The Morgan fingerprint density at radius 3 is 1.59 bits per heavy atom. The van der Waals surface area contributed by atoms with Gasteiger partial charge in [0.2, 0.25) is 17.7 Å². The number of benzene rings is 2. The molecular weight excluding hydrogens is 628 g/mol. The molecular formula is C34H36N10O5. The number of H-pyrrole nitrogens is 4. The van der Waals surface area contributed by atoms with Gasteiger partial charge >= 0.3 is 5.97 Å². The molecule has 0 aliphatic heterocycles. The van der Waals surface area contributed by atoms with E-state index in [0.29, 0.717) is 11.4 Å². The van der Waals surface area contributed by atoms with Gasteiger partial charge in [-0.15, -0.1) is 0 Å². The van der Waals surface area contributed by atoms with Crippen molar-refractivity contribution in [2.24, 2.45) is 5.73 Å². The van der Waals surface area contributed by atoms with Crippen LogP contribution in [0.1, 0.15) is 22.5 Å².